The van der Waals surface area contributed by atoms with Crippen molar-refractivity contribution in [2.24, 2.45) is 5.73 Å². The molecule has 5 heteroatoms. The van der Waals surface area contributed by atoms with Crippen LogP contribution in [0.3, 0.4) is 0 Å². The van der Waals surface area contributed by atoms with Crippen LogP contribution >= 0.6 is 12.2 Å². The van der Waals surface area contributed by atoms with Gasteiger partial charge in [0, 0.05) is 6.54 Å². The van der Waals surface area contributed by atoms with Gasteiger partial charge in [-0.05, 0) is 25.6 Å². The normalized spacial score (nSPS) is 9.38. The summed E-state index contributed by atoms with van der Waals surface area (Å²) in [6.07, 6.45) is 1.40. The van der Waals surface area contributed by atoms with Gasteiger partial charge in [0.25, 0.3) is 0 Å². The third kappa shape index (κ3) is 4.67. The third-order valence-corrected chi connectivity index (χ3v) is 1.71. The smallest absolute Gasteiger partial charge is 0.416 e. The molecule has 0 saturated carbocycles. The summed E-state index contributed by atoms with van der Waals surface area (Å²) >= 11 is 4.72. The van der Waals surface area contributed by atoms with E-state index < -0.39 is 6.09 Å². The number of hydrogen-bond donors (Lipinski definition) is 1. The van der Waals surface area contributed by atoms with Crippen molar-refractivity contribution in [1.29, 1.82) is 0 Å². The van der Waals surface area contributed by atoms with Crippen LogP contribution in [0.2, 0.25) is 0 Å². The van der Waals surface area contributed by atoms with Gasteiger partial charge in [-0.25, -0.2) is 4.79 Å². The van der Waals surface area contributed by atoms with Crippen LogP contribution in [0.1, 0.15) is 26.7 Å². The van der Waals surface area contributed by atoms with E-state index in [0.29, 0.717) is 13.2 Å². The van der Waals surface area contributed by atoms with Gasteiger partial charge in [-0.2, -0.15) is 0 Å². The molecule has 0 bridgehead atoms. The summed E-state index contributed by atoms with van der Waals surface area (Å²) in [5.74, 6) is 0. The molecule has 13 heavy (non-hydrogen) atoms. The molecular formula is C8H16N2O2S. The third-order valence-electron chi connectivity index (χ3n) is 1.49. The van der Waals surface area contributed by atoms with Crippen LogP contribution in [0.15, 0.2) is 0 Å². The lowest BCUT2D eigenvalue weighted by Gasteiger charge is -2.19. The Morgan fingerprint density at radius 1 is 1.54 bits per heavy atom. The highest BCUT2D eigenvalue weighted by Crippen LogP contribution is 1.98. The van der Waals surface area contributed by atoms with E-state index in [4.69, 9.17) is 22.7 Å². The summed E-state index contributed by atoms with van der Waals surface area (Å²) in [6.45, 7) is 4.65. The molecule has 0 unspecified atom stereocenters. The zero-order valence-corrected chi connectivity index (χ0v) is 8.89. The highest BCUT2D eigenvalue weighted by atomic mass is 32.1. The van der Waals surface area contributed by atoms with E-state index in [2.05, 4.69) is 0 Å². The van der Waals surface area contributed by atoms with Crippen molar-refractivity contribution < 1.29 is 9.53 Å². The van der Waals surface area contributed by atoms with Crippen LogP contribution in [0.25, 0.3) is 0 Å². The molecule has 0 radical (unpaired) electrons. The molecular weight excluding hydrogens is 188 g/mol. The first-order chi connectivity index (χ1) is 6.13. The number of nitrogens with zero attached hydrogens (tertiary/aromatic N) is 1. The Balaban J connectivity index is 4.07. The molecule has 76 valence electrons. The Morgan fingerprint density at radius 2 is 2.15 bits per heavy atom. The summed E-state index contributed by atoms with van der Waals surface area (Å²) in [5, 5.41) is 0.0758. The second-order valence-corrected chi connectivity index (χ2v) is 2.96. The molecule has 0 aliphatic carbocycles. The molecule has 0 aromatic carbocycles. The van der Waals surface area contributed by atoms with Crippen molar-refractivity contribution in [2.45, 2.75) is 26.7 Å². The molecule has 0 fully saturated rings. The number of carbonyl (C=O) groups is 1. The van der Waals surface area contributed by atoms with Crippen LogP contribution < -0.4 is 5.73 Å². The summed E-state index contributed by atoms with van der Waals surface area (Å²) in [4.78, 5) is 12.5. The van der Waals surface area contributed by atoms with E-state index in [0.717, 1.165) is 12.8 Å². The number of hydrogen-bond acceptors (Lipinski definition) is 3. The number of ether oxygens (including phenoxy) is 1. The van der Waals surface area contributed by atoms with Gasteiger partial charge in [0.15, 0.2) is 5.11 Å². The van der Waals surface area contributed by atoms with Crippen molar-refractivity contribution in [3.8, 4) is 0 Å². The van der Waals surface area contributed by atoms with Gasteiger partial charge < -0.3 is 10.5 Å². The Hall–Kier alpha value is -0.840. The second kappa shape index (κ2) is 6.65. The Labute approximate surface area is 84.0 Å². The molecule has 0 aliphatic rings. The average Bonchev–Trinajstić information content (AvgIpc) is 2.05. The van der Waals surface area contributed by atoms with E-state index in [1.54, 1.807) is 6.92 Å². The van der Waals surface area contributed by atoms with Gasteiger partial charge in [-0.1, -0.05) is 13.3 Å². The average molecular weight is 204 g/mol. The molecule has 0 heterocycles. The van der Waals surface area contributed by atoms with Crippen LogP contribution in [-0.2, 0) is 4.74 Å². The summed E-state index contributed by atoms with van der Waals surface area (Å²) in [5.41, 5.74) is 5.37. The van der Waals surface area contributed by atoms with Gasteiger partial charge in [0.2, 0.25) is 0 Å². The summed E-state index contributed by atoms with van der Waals surface area (Å²) < 4.78 is 4.78. The SMILES string of the molecule is CCCCN(C(=O)OCC)C(N)=S. The number of carbonyl (C=O) groups excluding carboxylic acids is 1. The maximum atomic E-state index is 11.2. The quantitative estimate of drug-likeness (QED) is 0.705. The largest absolute Gasteiger partial charge is 0.449 e. The molecule has 0 aromatic heterocycles. The minimum Gasteiger partial charge on any atom is -0.449 e. The molecule has 0 rings (SSSR count). The fourth-order valence-corrected chi connectivity index (χ4v) is 0.975. The Morgan fingerprint density at radius 3 is 2.54 bits per heavy atom. The maximum Gasteiger partial charge on any atom is 0.416 e. The lowest BCUT2D eigenvalue weighted by atomic mass is 10.3. The van der Waals surface area contributed by atoms with E-state index >= 15 is 0 Å². The minimum absolute atomic E-state index is 0.0758. The van der Waals surface area contributed by atoms with Gasteiger partial charge in [0.05, 0.1) is 6.61 Å². The van der Waals surface area contributed by atoms with E-state index in [1.165, 1.54) is 4.90 Å². The fourth-order valence-electron chi connectivity index (χ4n) is 0.809. The fraction of sp³-hybridized carbons (Fsp3) is 0.750. The van der Waals surface area contributed by atoms with E-state index in [9.17, 15) is 4.79 Å². The Kier molecular flexibility index (Phi) is 6.22. The first-order valence-electron chi connectivity index (χ1n) is 4.37. The van der Waals surface area contributed by atoms with Gasteiger partial charge in [0.1, 0.15) is 0 Å². The van der Waals surface area contributed by atoms with Crippen molar-refractivity contribution in [3.05, 3.63) is 0 Å². The molecule has 1 amide bonds. The van der Waals surface area contributed by atoms with E-state index in [1.807, 2.05) is 6.92 Å². The predicted octanol–water partition coefficient (Wildman–Crippen LogP) is 1.49. The molecule has 4 nitrogen and oxygen atoms in total. The molecule has 0 aliphatic heterocycles. The number of nitrogens with two attached hydrogens (primary N) is 1. The van der Waals surface area contributed by atoms with Crippen LogP contribution in [0, 0.1) is 0 Å². The minimum atomic E-state index is -0.455. The van der Waals surface area contributed by atoms with Crippen molar-refractivity contribution in [1.82, 2.24) is 4.90 Å². The molecule has 2 N–H and O–H groups in total. The predicted molar refractivity (Wildman–Crippen MR) is 55.4 cm³/mol. The molecule has 0 atom stereocenters. The second-order valence-electron chi connectivity index (χ2n) is 2.54. The highest BCUT2D eigenvalue weighted by molar-refractivity contribution is 7.80. The van der Waals surface area contributed by atoms with Gasteiger partial charge in [-0.3, -0.25) is 4.90 Å². The first-order valence-corrected chi connectivity index (χ1v) is 4.78. The van der Waals surface area contributed by atoms with Crippen LogP contribution in [-0.4, -0.2) is 29.3 Å². The number of rotatable bonds is 4. The lowest BCUT2D eigenvalue weighted by molar-refractivity contribution is 0.128. The maximum absolute atomic E-state index is 11.2. The summed E-state index contributed by atoms with van der Waals surface area (Å²) in [6, 6.07) is 0. The zero-order chi connectivity index (χ0) is 10.3. The number of unbranched alkanes of at least 4 members (excludes halogenated alkanes) is 1. The molecule has 0 saturated heterocycles. The number of thiocarbonyl (C=S) groups is 1. The summed E-state index contributed by atoms with van der Waals surface area (Å²) in [7, 11) is 0. The Bertz CT molecular complexity index is 185. The van der Waals surface area contributed by atoms with Crippen molar-refractivity contribution in [3.63, 3.8) is 0 Å². The van der Waals surface area contributed by atoms with Gasteiger partial charge >= 0.3 is 6.09 Å². The van der Waals surface area contributed by atoms with Gasteiger partial charge in [-0.15, -0.1) is 0 Å². The van der Waals surface area contributed by atoms with Crippen LogP contribution in [0.4, 0.5) is 4.79 Å². The lowest BCUT2D eigenvalue weighted by Crippen LogP contribution is -2.41. The standard InChI is InChI=1S/C8H16N2O2S/c1-3-5-6-10(7(9)13)8(11)12-4-2/h3-6H2,1-2H3,(H2,9,13). The molecule has 0 spiro atoms. The monoisotopic (exact) mass is 204 g/mol. The topological polar surface area (TPSA) is 55.6 Å². The number of amides is 1. The highest BCUT2D eigenvalue weighted by Gasteiger charge is 2.15. The van der Waals surface area contributed by atoms with Crippen molar-refractivity contribution >= 4 is 23.4 Å². The first kappa shape index (κ1) is 12.2. The zero-order valence-electron chi connectivity index (χ0n) is 8.08. The van der Waals surface area contributed by atoms with E-state index in [-0.39, 0.29) is 5.11 Å². The van der Waals surface area contributed by atoms with Crippen molar-refractivity contribution in [2.75, 3.05) is 13.2 Å². The molecule has 0 aromatic rings. The van der Waals surface area contributed by atoms with Crippen LogP contribution in [0.5, 0.6) is 0 Å².